The zero-order chi connectivity index (χ0) is 22.5. The van der Waals surface area contributed by atoms with Crippen LogP contribution in [0.5, 0.6) is 0 Å². The van der Waals surface area contributed by atoms with Crippen molar-refractivity contribution < 1.29 is 19.2 Å². The highest BCUT2D eigenvalue weighted by Crippen LogP contribution is 2.49. The van der Waals surface area contributed by atoms with Gasteiger partial charge in [0.2, 0.25) is 0 Å². The van der Waals surface area contributed by atoms with Crippen LogP contribution in [0.15, 0.2) is 54.3 Å². The van der Waals surface area contributed by atoms with Gasteiger partial charge in [0, 0.05) is 29.2 Å². The molecule has 0 saturated carbocycles. The van der Waals surface area contributed by atoms with Crippen molar-refractivity contribution in [3.8, 4) is 11.3 Å². The molecule has 0 unspecified atom stereocenters. The number of benzene rings is 1. The van der Waals surface area contributed by atoms with Gasteiger partial charge in [-0.3, -0.25) is 10.1 Å². The first kappa shape index (κ1) is 20.6. The summed E-state index contributed by atoms with van der Waals surface area (Å²) in [6.45, 7) is 6.62. The maximum atomic E-state index is 12.1. The topological polar surface area (TPSA) is 113 Å². The number of rotatable bonds is 4. The summed E-state index contributed by atoms with van der Waals surface area (Å²) in [6, 6.07) is 6.26. The Bertz CT molecular complexity index is 1120. The maximum Gasteiger partial charge on any atom is 0.334 e. The van der Waals surface area contributed by atoms with E-state index in [1.165, 1.54) is 17.7 Å². The van der Waals surface area contributed by atoms with Crippen molar-refractivity contribution in [1.29, 1.82) is 0 Å². The monoisotopic (exact) mass is 436 g/mol. The molecule has 9 nitrogen and oxygen atoms in total. The van der Waals surface area contributed by atoms with E-state index < -0.39 is 4.92 Å². The molecule has 166 valence electrons. The van der Waals surface area contributed by atoms with E-state index in [0.29, 0.717) is 17.8 Å². The molecule has 0 N–H and O–H groups in total. The van der Waals surface area contributed by atoms with Crippen LogP contribution in [0, 0.1) is 16.0 Å². The van der Waals surface area contributed by atoms with Crippen LogP contribution in [0.2, 0.25) is 0 Å². The fraction of sp³-hybridized carbons (Fsp3) is 0.435. The number of nitrogens with zero attached hydrogens (tertiary/aromatic N) is 4. The summed E-state index contributed by atoms with van der Waals surface area (Å²) < 4.78 is 13.3. The molecule has 9 heteroatoms. The Balaban J connectivity index is 1.32. The van der Waals surface area contributed by atoms with E-state index in [1.807, 2.05) is 6.20 Å². The molecule has 1 aliphatic carbocycles. The minimum absolute atomic E-state index is 0.0395. The number of carbonyl (C=O) groups excluding carboxylic acids is 1. The summed E-state index contributed by atoms with van der Waals surface area (Å²) >= 11 is 0. The van der Waals surface area contributed by atoms with Gasteiger partial charge >= 0.3 is 5.97 Å². The molecule has 2 saturated heterocycles. The van der Waals surface area contributed by atoms with Crippen LogP contribution in [0.1, 0.15) is 32.6 Å². The second-order valence-corrected chi connectivity index (χ2v) is 8.90. The number of hydrogen-bond acceptors (Lipinski definition) is 7. The van der Waals surface area contributed by atoms with Crippen molar-refractivity contribution in [3.63, 3.8) is 0 Å². The molecule has 0 radical (unpaired) electrons. The molecular weight excluding hydrogens is 412 g/mol. The Morgan fingerprint density at radius 3 is 2.88 bits per heavy atom. The summed E-state index contributed by atoms with van der Waals surface area (Å²) in [5.74, 6) is -0.353. The summed E-state index contributed by atoms with van der Waals surface area (Å²) in [6.07, 6.45) is 7.07. The van der Waals surface area contributed by atoms with E-state index in [1.54, 1.807) is 16.8 Å². The number of epoxide rings is 1. The van der Waals surface area contributed by atoms with Gasteiger partial charge in [0.1, 0.15) is 17.9 Å². The number of allylic oxidation sites excluding steroid dienone is 2. The second kappa shape index (κ2) is 7.67. The maximum absolute atomic E-state index is 12.1. The van der Waals surface area contributed by atoms with E-state index in [0.717, 1.165) is 31.2 Å². The van der Waals surface area contributed by atoms with Gasteiger partial charge in [0.05, 0.1) is 23.3 Å². The number of fused-ring (bicyclic) bond motifs is 3. The lowest BCUT2D eigenvalue weighted by molar-refractivity contribution is -0.384. The Hall–Kier alpha value is -3.33. The van der Waals surface area contributed by atoms with Crippen LogP contribution >= 0.6 is 0 Å². The van der Waals surface area contributed by atoms with Crippen molar-refractivity contribution in [3.05, 3.63) is 64.4 Å². The zero-order valence-electron chi connectivity index (χ0n) is 17.8. The van der Waals surface area contributed by atoms with E-state index in [9.17, 15) is 14.9 Å². The SMILES string of the molecule is C=C1C(=O)O[C@H]2[C@H]1CC/C(Cn1cc(-c3ccc([N+](=O)[O-])cc3)nn1)=C\CC[C@@]1(C)O[C@@H]21. The molecule has 3 heterocycles. The summed E-state index contributed by atoms with van der Waals surface area (Å²) in [7, 11) is 0. The molecule has 32 heavy (non-hydrogen) atoms. The second-order valence-electron chi connectivity index (χ2n) is 8.90. The Labute approximate surface area is 184 Å². The van der Waals surface area contributed by atoms with Gasteiger partial charge in [0.15, 0.2) is 0 Å². The van der Waals surface area contributed by atoms with Crippen molar-refractivity contribution in [2.45, 2.75) is 57.0 Å². The zero-order valence-corrected chi connectivity index (χ0v) is 17.8. The Morgan fingerprint density at radius 1 is 1.34 bits per heavy atom. The van der Waals surface area contributed by atoms with Crippen LogP contribution in [0.4, 0.5) is 5.69 Å². The molecule has 1 aromatic heterocycles. The molecular formula is C23H24N4O5. The Morgan fingerprint density at radius 2 is 2.12 bits per heavy atom. The van der Waals surface area contributed by atoms with Crippen LogP contribution in [0.25, 0.3) is 11.3 Å². The van der Waals surface area contributed by atoms with E-state index in [-0.39, 0.29) is 35.4 Å². The molecule has 1 aromatic carbocycles. The number of non-ortho nitro benzene ring substituents is 1. The quantitative estimate of drug-likeness (QED) is 0.180. The summed E-state index contributed by atoms with van der Waals surface area (Å²) in [4.78, 5) is 22.5. The number of carbonyl (C=O) groups is 1. The van der Waals surface area contributed by atoms with Crippen LogP contribution in [-0.4, -0.2) is 43.7 Å². The average Bonchev–Trinajstić information content (AvgIpc) is 3.08. The molecule has 5 rings (SSSR count). The molecule has 2 aliphatic heterocycles. The van der Waals surface area contributed by atoms with Crippen molar-refractivity contribution in [1.82, 2.24) is 15.0 Å². The molecule has 0 amide bonds. The third kappa shape index (κ3) is 3.73. The average molecular weight is 436 g/mol. The van der Waals surface area contributed by atoms with E-state index >= 15 is 0 Å². The number of ether oxygens (including phenoxy) is 2. The van der Waals surface area contributed by atoms with Gasteiger partial charge < -0.3 is 9.47 Å². The molecule has 3 aliphatic rings. The molecule has 4 atom stereocenters. The lowest BCUT2D eigenvalue weighted by Gasteiger charge is -2.20. The van der Waals surface area contributed by atoms with Gasteiger partial charge in [-0.1, -0.05) is 23.4 Å². The predicted octanol–water partition coefficient (Wildman–Crippen LogP) is 3.61. The third-order valence-electron chi connectivity index (χ3n) is 6.72. The van der Waals surface area contributed by atoms with Gasteiger partial charge in [-0.15, -0.1) is 5.10 Å². The fourth-order valence-corrected chi connectivity index (χ4v) is 4.73. The van der Waals surface area contributed by atoms with Crippen LogP contribution in [-0.2, 0) is 20.8 Å². The van der Waals surface area contributed by atoms with Gasteiger partial charge in [-0.2, -0.15) is 0 Å². The molecule has 2 aromatic rings. The smallest absolute Gasteiger partial charge is 0.334 e. The lowest BCUT2D eigenvalue weighted by Crippen LogP contribution is -2.29. The largest absolute Gasteiger partial charge is 0.455 e. The first-order valence-electron chi connectivity index (χ1n) is 10.7. The number of esters is 1. The van der Waals surface area contributed by atoms with Gasteiger partial charge in [-0.05, 0) is 44.7 Å². The first-order valence-corrected chi connectivity index (χ1v) is 10.7. The highest BCUT2D eigenvalue weighted by Gasteiger charge is 2.61. The Kier molecular flexibility index (Phi) is 4.93. The molecule has 2 fully saturated rings. The first-order chi connectivity index (χ1) is 15.3. The number of nitro groups is 1. The third-order valence-corrected chi connectivity index (χ3v) is 6.72. The normalized spacial score (nSPS) is 31.2. The highest BCUT2D eigenvalue weighted by atomic mass is 16.6. The van der Waals surface area contributed by atoms with Crippen LogP contribution in [0.3, 0.4) is 0 Å². The fourth-order valence-electron chi connectivity index (χ4n) is 4.73. The van der Waals surface area contributed by atoms with Crippen molar-refractivity contribution >= 4 is 11.7 Å². The number of nitro benzene ring substituents is 1. The van der Waals surface area contributed by atoms with E-state index in [4.69, 9.17) is 9.47 Å². The van der Waals surface area contributed by atoms with Gasteiger partial charge in [-0.25, -0.2) is 9.48 Å². The molecule has 0 spiro atoms. The predicted molar refractivity (Wildman–Crippen MR) is 114 cm³/mol. The summed E-state index contributed by atoms with van der Waals surface area (Å²) in [5.41, 5.74) is 2.95. The minimum atomic E-state index is -0.427. The van der Waals surface area contributed by atoms with Crippen molar-refractivity contribution in [2.24, 2.45) is 5.92 Å². The standard InChI is InChI=1S/C23H24N4O5/c1-14-18-10-5-15(4-3-11-23(2)21(32-23)20(18)31-22(14)28)12-26-13-19(24-25-26)16-6-8-17(9-7-16)27(29)30/h4,6-9,13,18,20-21H,1,3,5,10-12H2,2H3/b15-4+/t18-,20-,21-,23+/m0/s1. The lowest BCUT2D eigenvalue weighted by atomic mass is 9.84. The number of aromatic nitrogens is 3. The van der Waals surface area contributed by atoms with Crippen molar-refractivity contribution in [2.75, 3.05) is 0 Å². The minimum Gasteiger partial charge on any atom is -0.455 e. The summed E-state index contributed by atoms with van der Waals surface area (Å²) in [5, 5.41) is 19.3. The van der Waals surface area contributed by atoms with Gasteiger partial charge in [0.25, 0.3) is 5.69 Å². The van der Waals surface area contributed by atoms with Crippen LogP contribution < -0.4 is 0 Å². The number of hydrogen-bond donors (Lipinski definition) is 0. The van der Waals surface area contributed by atoms with E-state index in [2.05, 4.69) is 29.9 Å². The molecule has 0 bridgehead atoms. The highest BCUT2D eigenvalue weighted by molar-refractivity contribution is 5.91.